The van der Waals surface area contributed by atoms with Gasteiger partial charge in [-0.1, -0.05) is 12.2 Å². The summed E-state index contributed by atoms with van der Waals surface area (Å²) in [7, 11) is 0. The lowest BCUT2D eigenvalue weighted by Gasteiger charge is -1.90. The number of rotatable bonds is 4. The third kappa shape index (κ3) is 5.07. The lowest BCUT2D eigenvalue weighted by molar-refractivity contribution is 0.538. The summed E-state index contributed by atoms with van der Waals surface area (Å²) in [6.45, 7) is 2.98. The van der Waals surface area contributed by atoms with E-state index in [-0.39, 0.29) is 0 Å². The molecule has 9 heavy (non-hydrogen) atoms. The van der Waals surface area contributed by atoms with Gasteiger partial charge in [0.25, 0.3) is 0 Å². The van der Waals surface area contributed by atoms with Crippen LogP contribution in [0.15, 0.2) is 24.4 Å². The summed E-state index contributed by atoms with van der Waals surface area (Å²) in [4.78, 5) is 0. The minimum atomic E-state index is -0.545. The molecule has 1 nitrogen and oxygen atoms in total. The molecule has 0 unspecified atom stereocenters. The second-order valence-electron chi connectivity index (χ2n) is 1.78. The summed E-state index contributed by atoms with van der Waals surface area (Å²) in [5.74, 6) is 0. The summed E-state index contributed by atoms with van der Waals surface area (Å²) in [5, 5.41) is 0. The number of nitrogens with two attached hydrogens (primary N) is 1. The number of halogens is 1. The Kier molecular flexibility index (Phi) is 4.88. The molecule has 0 aromatic rings. The molecule has 2 heteroatoms. The molecule has 0 heterocycles. The molecular weight excluding hydrogens is 117 g/mol. The highest BCUT2D eigenvalue weighted by Crippen LogP contribution is 1.94. The van der Waals surface area contributed by atoms with Crippen molar-refractivity contribution in [3.8, 4) is 0 Å². The van der Waals surface area contributed by atoms with Gasteiger partial charge in [0.1, 0.15) is 6.67 Å². The van der Waals surface area contributed by atoms with Crippen molar-refractivity contribution >= 4 is 0 Å². The van der Waals surface area contributed by atoms with Gasteiger partial charge in [-0.3, -0.25) is 0 Å². The molecule has 0 fully saturated rings. The average molecular weight is 129 g/mol. The van der Waals surface area contributed by atoms with Crippen LogP contribution in [0.4, 0.5) is 4.39 Å². The maximum absolute atomic E-state index is 11.6. The molecule has 0 radical (unpaired) electrons. The number of alkyl halides is 1. The molecule has 0 saturated heterocycles. The fourth-order valence-corrected chi connectivity index (χ4v) is 0.441. The highest BCUT2D eigenvalue weighted by molar-refractivity contribution is 4.96. The third-order valence-corrected chi connectivity index (χ3v) is 0.932. The second-order valence-corrected chi connectivity index (χ2v) is 1.78. The Morgan fingerprint density at radius 3 is 2.67 bits per heavy atom. The van der Waals surface area contributed by atoms with Crippen LogP contribution < -0.4 is 5.73 Å². The average Bonchev–Trinajstić information content (AvgIpc) is 1.89. The molecule has 2 N–H and O–H groups in total. The zero-order valence-electron chi connectivity index (χ0n) is 5.44. The highest BCUT2D eigenvalue weighted by Gasteiger charge is 1.83. The summed E-state index contributed by atoms with van der Waals surface area (Å²) in [6.07, 6.45) is 5.11. The predicted octanol–water partition coefficient (Wildman–Crippen LogP) is 1.76. The van der Waals surface area contributed by atoms with Crippen LogP contribution in [0.5, 0.6) is 0 Å². The van der Waals surface area contributed by atoms with E-state index in [1.165, 1.54) is 0 Å². The van der Waals surface area contributed by atoms with E-state index in [1.54, 1.807) is 12.2 Å². The number of unbranched alkanes of at least 4 members (excludes halogenated alkanes) is 1. The van der Waals surface area contributed by atoms with Gasteiger partial charge in [-0.25, -0.2) is 4.39 Å². The Morgan fingerprint density at radius 2 is 2.22 bits per heavy atom. The molecule has 0 aromatic carbocycles. The van der Waals surface area contributed by atoms with Crippen molar-refractivity contribution in [2.75, 3.05) is 6.67 Å². The molecule has 0 saturated carbocycles. The van der Waals surface area contributed by atoms with E-state index in [0.717, 1.165) is 12.8 Å². The van der Waals surface area contributed by atoms with Crippen LogP contribution in [0.2, 0.25) is 0 Å². The van der Waals surface area contributed by atoms with Gasteiger partial charge in [0, 0.05) is 5.70 Å². The van der Waals surface area contributed by atoms with Gasteiger partial charge in [0.15, 0.2) is 0 Å². The SMILES string of the molecule is C=CCC/C=C(/N)CF. The van der Waals surface area contributed by atoms with Gasteiger partial charge in [-0.05, 0) is 12.8 Å². The highest BCUT2D eigenvalue weighted by atomic mass is 19.1. The van der Waals surface area contributed by atoms with E-state index < -0.39 is 6.67 Å². The predicted molar refractivity (Wildman–Crippen MR) is 37.7 cm³/mol. The normalized spacial score (nSPS) is 11.4. The van der Waals surface area contributed by atoms with Crippen LogP contribution in [0, 0.1) is 0 Å². The molecule has 0 aliphatic heterocycles. The lowest BCUT2D eigenvalue weighted by atomic mass is 10.3. The van der Waals surface area contributed by atoms with E-state index >= 15 is 0 Å². The summed E-state index contributed by atoms with van der Waals surface area (Å²) >= 11 is 0. The number of allylic oxidation sites excluding steroid dienone is 3. The maximum Gasteiger partial charge on any atom is 0.128 e. The zero-order chi connectivity index (χ0) is 7.11. The first kappa shape index (κ1) is 8.21. The van der Waals surface area contributed by atoms with Crippen LogP contribution in [0.1, 0.15) is 12.8 Å². The van der Waals surface area contributed by atoms with Crippen molar-refractivity contribution in [2.45, 2.75) is 12.8 Å². The number of hydrogen-bond acceptors (Lipinski definition) is 1. The largest absolute Gasteiger partial charge is 0.400 e. The molecular formula is C7H12FN. The van der Waals surface area contributed by atoms with Crippen molar-refractivity contribution in [2.24, 2.45) is 5.73 Å². The number of hydrogen-bond donors (Lipinski definition) is 1. The Morgan fingerprint density at radius 1 is 1.56 bits per heavy atom. The first-order chi connectivity index (χ1) is 4.31. The van der Waals surface area contributed by atoms with Crippen molar-refractivity contribution in [1.82, 2.24) is 0 Å². The van der Waals surface area contributed by atoms with Gasteiger partial charge in [-0.2, -0.15) is 0 Å². The topological polar surface area (TPSA) is 26.0 Å². The first-order valence-electron chi connectivity index (χ1n) is 2.92. The van der Waals surface area contributed by atoms with Gasteiger partial charge in [-0.15, -0.1) is 6.58 Å². The minimum Gasteiger partial charge on any atom is -0.400 e. The lowest BCUT2D eigenvalue weighted by Crippen LogP contribution is -1.97. The molecule has 0 aliphatic rings. The molecule has 0 amide bonds. The van der Waals surface area contributed by atoms with Crippen molar-refractivity contribution in [3.05, 3.63) is 24.4 Å². The maximum atomic E-state index is 11.6. The first-order valence-corrected chi connectivity index (χ1v) is 2.92. The Labute approximate surface area is 55.1 Å². The minimum absolute atomic E-state index is 0.317. The van der Waals surface area contributed by atoms with Crippen LogP contribution in [-0.2, 0) is 0 Å². The summed E-state index contributed by atoms with van der Waals surface area (Å²) in [6, 6.07) is 0. The standard InChI is InChI=1S/C7H12FN/c1-2-3-4-5-7(9)6-8/h2,5H,1,3-4,6,9H2/b7-5+. The van der Waals surface area contributed by atoms with E-state index in [2.05, 4.69) is 6.58 Å². The van der Waals surface area contributed by atoms with E-state index in [1.807, 2.05) is 0 Å². The van der Waals surface area contributed by atoms with Gasteiger partial charge < -0.3 is 5.73 Å². The Bertz CT molecular complexity index is 107. The van der Waals surface area contributed by atoms with E-state index in [4.69, 9.17) is 5.73 Å². The quantitative estimate of drug-likeness (QED) is 0.454. The summed E-state index contributed by atoms with van der Waals surface area (Å²) in [5.41, 5.74) is 5.48. The molecule has 52 valence electrons. The van der Waals surface area contributed by atoms with Crippen molar-refractivity contribution in [1.29, 1.82) is 0 Å². The van der Waals surface area contributed by atoms with Crippen LogP contribution in [0.25, 0.3) is 0 Å². The third-order valence-electron chi connectivity index (χ3n) is 0.932. The molecule has 0 bridgehead atoms. The second kappa shape index (κ2) is 5.35. The van der Waals surface area contributed by atoms with Crippen LogP contribution in [-0.4, -0.2) is 6.67 Å². The van der Waals surface area contributed by atoms with Crippen molar-refractivity contribution in [3.63, 3.8) is 0 Å². The monoisotopic (exact) mass is 129 g/mol. The van der Waals surface area contributed by atoms with E-state index in [0.29, 0.717) is 5.70 Å². The zero-order valence-corrected chi connectivity index (χ0v) is 5.44. The molecule has 0 spiro atoms. The fourth-order valence-electron chi connectivity index (χ4n) is 0.441. The molecule has 0 aliphatic carbocycles. The molecule has 0 rings (SSSR count). The van der Waals surface area contributed by atoms with Crippen LogP contribution >= 0.6 is 0 Å². The Balaban J connectivity index is 3.31. The van der Waals surface area contributed by atoms with Gasteiger partial charge in [0.05, 0.1) is 0 Å². The smallest absolute Gasteiger partial charge is 0.128 e. The van der Waals surface area contributed by atoms with Gasteiger partial charge in [0.2, 0.25) is 0 Å². The van der Waals surface area contributed by atoms with Crippen molar-refractivity contribution < 1.29 is 4.39 Å². The summed E-state index contributed by atoms with van der Waals surface area (Å²) < 4.78 is 11.6. The molecule has 0 atom stereocenters. The van der Waals surface area contributed by atoms with E-state index in [9.17, 15) is 4.39 Å². The fraction of sp³-hybridized carbons (Fsp3) is 0.429. The molecule has 0 aromatic heterocycles. The van der Waals surface area contributed by atoms with Crippen LogP contribution in [0.3, 0.4) is 0 Å². The van der Waals surface area contributed by atoms with Gasteiger partial charge >= 0.3 is 0 Å². The Hall–Kier alpha value is -0.790.